The Morgan fingerprint density at radius 3 is 2.31 bits per heavy atom. The molecule has 0 aliphatic heterocycles. The first kappa shape index (κ1) is 20.8. The average molecular weight is 396 g/mol. The van der Waals surface area contributed by atoms with Gasteiger partial charge in [0.05, 0.1) is 13.2 Å². The lowest BCUT2D eigenvalue weighted by Gasteiger charge is -2.29. The normalized spacial score (nSPS) is 14.4. The lowest BCUT2D eigenvalue weighted by Crippen LogP contribution is -2.45. The Morgan fingerprint density at radius 2 is 1.79 bits per heavy atom. The van der Waals surface area contributed by atoms with E-state index in [1.165, 1.54) is 7.11 Å². The molecular formula is C23H28N2O4. The zero-order chi connectivity index (χ0) is 21.3. The van der Waals surface area contributed by atoms with Crippen LogP contribution in [0.1, 0.15) is 69.2 Å². The van der Waals surface area contributed by atoms with E-state index < -0.39 is 12.0 Å². The molecule has 154 valence electrons. The van der Waals surface area contributed by atoms with Gasteiger partial charge in [0.25, 0.3) is 5.91 Å². The van der Waals surface area contributed by atoms with Crippen LogP contribution >= 0.6 is 0 Å². The molecule has 0 radical (unpaired) electrons. The molecule has 1 amide bonds. The number of ketones is 1. The molecule has 6 nitrogen and oxygen atoms in total. The van der Waals surface area contributed by atoms with Gasteiger partial charge in [-0.25, -0.2) is 4.79 Å². The first-order chi connectivity index (χ1) is 13.8. The van der Waals surface area contributed by atoms with Gasteiger partial charge in [-0.1, -0.05) is 18.2 Å². The Morgan fingerprint density at radius 1 is 1.17 bits per heavy atom. The standard InChI is InChI=1S/C23H28N2O4/c1-6-24-15(3)19(14(2)20(24)23(28)29-5)21(26)16(4)25(18-12-13-18)22(27)17-10-8-7-9-11-17/h7-11,16,18H,6,12-13H2,1-5H3/t16-/m1/s1. The van der Waals surface area contributed by atoms with Crippen LogP contribution in [0.15, 0.2) is 30.3 Å². The smallest absolute Gasteiger partial charge is 0.354 e. The van der Waals surface area contributed by atoms with E-state index in [4.69, 9.17) is 4.74 Å². The molecule has 0 spiro atoms. The summed E-state index contributed by atoms with van der Waals surface area (Å²) in [5, 5.41) is 0. The summed E-state index contributed by atoms with van der Waals surface area (Å²) in [5.41, 5.74) is 2.82. The second kappa shape index (κ2) is 8.23. The third-order valence-corrected chi connectivity index (χ3v) is 5.70. The van der Waals surface area contributed by atoms with Crippen LogP contribution < -0.4 is 0 Å². The number of methoxy groups -OCH3 is 1. The third kappa shape index (κ3) is 3.71. The molecule has 0 saturated heterocycles. The molecule has 2 aromatic rings. The van der Waals surface area contributed by atoms with E-state index in [1.54, 1.807) is 30.9 Å². The fourth-order valence-electron chi connectivity index (χ4n) is 4.09. The topological polar surface area (TPSA) is 68.6 Å². The second-order valence-electron chi connectivity index (χ2n) is 7.52. The van der Waals surface area contributed by atoms with Crippen LogP contribution in [-0.4, -0.2) is 46.3 Å². The van der Waals surface area contributed by atoms with Crippen LogP contribution in [0, 0.1) is 13.8 Å². The van der Waals surface area contributed by atoms with E-state index in [0.29, 0.717) is 28.9 Å². The van der Waals surface area contributed by atoms with Gasteiger partial charge in [-0.15, -0.1) is 0 Å². The summed E-state index contributed by atoms with van der Waals surface area (Å²) in [5.74, 6) is -0.737. The van der Waals surface area contributed by atoms with Crippen LogP contribution in [0.5, 0.6) is 0 Å². The van der Waals surface area contributed by atoms with Crippen molar-refractivity contribution in [3.05, 3.63) is 58.4 Å². The van der Waals surface area contributed by atoms with Crippen LogP contribution in [0.25, 0.3) is 0 Å². The molecule has 0 bridgehead atoms. The Bertz CT molecular complexity index is 942. The number of hydrogen-bond donors (Lipinski definition) is 0. The molecule has 0 N–H and O–H groups in total. The molecule has 1 aromatic carbocycles. The van der Waals surface area contributed by atoms with Crippen molar-refractivity contribution in [3.63, 3.8) is 0 Å². The van der Waals surface area contributed by atoms with Gasteiger partial charge in [0.1, 0.15) is 5.69 Å². The van der Waals surface area contributed by atoms with Gasteiger partial charge in [0, 0.05) is 29.4 Å². The summed E-state index contributed by atoms with van der Waals surface area (Å²) >= 11 is 0. The van der Waals surface area contributed by atoms with Crippen molar-refractivity contribution in [1.82, 2.24) is 9.47 Å². The van der Waals surface area contributed by atoms with Gasteiger partial charge in [0.2, 0.25) is 0 Å². The van der Waals surface area contributed by atoms with E-state index in [9.17, 15) is 14.4 Å². The summed E-state index contributed by atoms with van der Waals surface area (Å²) in [6.45, 7) is 7.86. The number of nitrogens with zero attached hydrogens (tertiary/aromatic N) is 2. The molecule has 1 aliphatic rings. The van der Waals surface area contributed by atoms with Crippen LogP contribution in [0.3, 0.4) is 0 Å². The van der Waals surface area contributed by atoms with Crippen molar-refractivity contribution in [2.24, 2.45) is 0 Å². The summed E-state index contributed by atoms with van der Waals surface area (Å²) in [6, 6.07) is 8.51. The molecule has 6 heteroatoms. The molecule has 1 heterocycles. The maximum Gasteiger partial charge on any atom is 0.354 e. The van der Waals surface area contributed by atoms with E-state index >= 15 is 0 Å². The fourth-order valence-corrected chi connectivity index (χ4v) is 4.09. The number of rotatable bonds is 7. The molecule has 0 unspecified atom stereocenters. The molecule has 3 rings (SSSR count). The van der Waals surface area contributed by atoms with Gasteiger partial charge in [-0.3, -0.25) is 9.59 Å². The van der Waals surface area contributed by atoms with Gasteiger partial charge in [-0.2, -0.15) is 0 Å². The van der Waals surface area contributed by atoms with Crippen molar-refractivity contribution in [2.75, 3.05) is 7.11 Å². The van der Waals surface area contributed by atoms with Gasteiger partial charge in [0.15, 0.2) is 5.78 Å². The maximum absolute atomic E-state index is 13.5. The molecule has 1 atom stereocenters. The number of esters is 1. The van der Waals surface area contributed by atoms with Gasteiger partial charge in [-0.05, 0) is 58.2 Å². The number of hydrogen-bond acceptors (Lipinski definition) is 4. The molecular weight excluding hydrogens is 368 g/mol. The summed E-state index contributed by atoms with van der Waals surface area (Å²) < 4.78 is 6.73. The molecule has 1 aliphatic carbocycles. The number of benzene rings is 1. The largest absolute Gasteiger partial charge is 0.464 e. The monoisotopic (exact) mass is 396 g/mol. The van der Waals surface area contributed by atoms with Crippen LogP contribution in [-0.2, 0) is 11.3 Å². The lowest BCUT2D eigenvalue weighted by molar-refractivity contribution is 0.0586. The molecule has 1 saturated carbocycles. The number of Topliss-reactive ketones (excluding diaryl/α,β-unsaturated/α-hetero) is 1. The van der Waals surface area contributed by atoms with Gasteiger partial charge < -0.3 is 14.2 Å². The average Bonchev–Trinajstić information content (AvgIpc) is 3.52. The van der Waals surface area contributed by atoms with E-state index in [-0.39, 0.29) is 17.7 Å². The zero-order valence-corrected chi connectivity index (χ0v) is 17.7. The van der Waals surface area contributed by atoms with Gasteiger partial charge >= 0.3 is 5.97 Å². The minimum atomic E-state index is -0.620. The van der Waals surface area contributed by atoms with Crippen LogP contribution in [0.4, 0.5) is 0 Å². The Kier molecular flexibility index (Phi) is 5.91. The highest BCUT2D eigenvalue weighted by atomic mass is 16.5. The Labute approximate surface area is 171 Å². The van der Waals surface area contributed by atoms with E-state index in [0.717, 1.165) is 18.5 Å². The zero-order valence-electron chi connectivity index (χ0n) is 17.7. The van der Waals surface area contributed by atoms with E-state index in [1.807, 2.05) is 36.6 Å². The minimum Gasteiger partial charge on any atom is -0.464 e. The SMILES string of the molecule is CCn1c(C)c(C(=O)[C@@H](C)N(C(=O)c2ccccc2)C2CC2)c(C)c1C(=O)OC. The van der Waals surface area contributed by atoms with Crippen LogP contribution in [0.2, 0.25) is 0 Å². The number of carbonyl (C=O) groups is 3. The molecule has 1 fully saturated rings. The first-order valence-electron chi connectivity index (χ1n) is 10.0. The summed E-state index contributed by atoms with van der Waals surface area (Å²) in [7, 11) is 1.33. The highest BCUT2D eigenvalue weighted by molar-refractivity contribution is 6.07. The van der Waals surface area contributed by atoms with Crippen molar-refractivity contribution in [2.45, 2.75) is 59.2 Å². The summed E-state index contributed by atoms with van der Waals surface area (Å²) in [4.78, 5) is 40.7. The second-order valence-corrected chi connectivity index (χ2v) is 7.52. The highest BCUT2D eigenvalue weighted by Gasteiger charge is 2.40. The number of amides is 1. The number of aromatic nitrogens is 1. The predicted molar refractivity (Wildman–Crippen MR) is 110 cm³/mol. The minimum absolute atomic E-state index is 0.0793. The van der Waals surface area contributed by atoms with Crippen molar-refractivity contribution < 1.29 is 19.1 Å². The first-order valence-corrected chi connectivity index (χ1v) is 10.0. The van der Waals surface area contributed by atoms with Crippen molar-refractivity contribution >= 4 is 17.7 Å². The number of carbonyl (C=O) groups excluding carboxylic acids is 3. The predicted octanol–water partition coefficient (Wildman–Crippen LogP) is 3.79. The Hall–Kier alpha value is -2.89. The molecule has 29 heavy (non-hydrogen) atoms. The van der Waals surface area contributed by atoms with Crippen molar-refractivity contribution in [3.8, 4) is 0 Å². The lowest BCUT2D eigenvalue weighted by atomic mass is 9.99. The summed E-state index contributed by atoms with van der Waals surface area (Å²) in [6.07, 6.45) is 1.80. The number of ether oxygens (including phenoxy) is 1. The third-order valence-electron chi connectivity index (χ3n) is 5.70. The van der Waals surface area contributed by atoms with E-state index in [2.05, 4.69) is 0 Å². The highest BCUT2D eigenvalue weighted by Crippen LogP contribution is 2.33. The molecule has 1 aromatic heterocycles. The fraction of sp³-hybridized carbons (Fsp3) is 0.435. The maximum atomic E-state index is 13.5. The van der Waals surface area contributed by atoms with Crippen molar-refractivity contribution in [1.29, 1.82) is 0 Å². The Balaban J connectivity index is 2.00. The quantitative estimate of drug-likeness (QED) is 0.527.